The lowest BCUT2D eigenvalue weighted by atomic mass is 10.0. The van der Waals surface area contributed by atoms with Crippen LogP contribution in [0.4, 0.5) is 4.39 Å². The SMILES string of the molecule is COC(=O)C(C)(N)CCSc1cccc(F)c1. The van der Waals surface area contributed by atoms with Crippen LogP contribution in [-0.2, 0) is 9.53 Å². The van der Waals surface area contributed by atoms with Gasteiger partial charge in [-0.15, -0.1) is 11.8 Å². The molecule has 0 aliphatic heterocycles. The van der Waals surface area contributed by atoms with Crippen molar-refractivity contribution in [2.75, 3.05) is 12.9 Å². The van der Waals surface area contributed by atoms with Crippen LogP contribution < -0.4 is 5.73 Å². The lowest BCUT2D eigenvalue weighted by Crippen LogP contribution is -2.46. The average molecular weight is 257 g/mol. The van der Waals surface area contributed by atoms with E-state index < -0.39 is 11.5 Å². The number of benzene rings is 1. The Morgan fingerprint density at radius 3 is 2.88 bits per heavy atom. The standard InChI is InChI=1S/C12H16FNO2S/c1-12(14,11(15)16-2)6-7-17-10-5-3-4-9(13)8-10/h3-5,8H,6-7,14H2,1-2H3. The molecule has 0 heterocycles. The maximum absolute atomic E-state index is 12.9. The highest BCUT2D eigenvalue weighted by Gasteiger charge is 2.28. The minimum absolute atomic E-state index is 0.265. The predicted octanol–water partition coefficient (Wildman–Crippen LogP) is 2.20. The summed E-state index contributed by atoms with van der Waals surface area (Å²) in [5.74, 6) is -0.0678. The Labute approximate surface area is 105 Å². The topological polar surface area (TPSA) is 52.3 Å². The van der Waals surface area contributed by atoms with Crippen LogP contribution in [0.1, 0.15) is 13.3 Å². The average Bonchev–Trinajstić information content (AvgIpc) is 2.27. The number of thioether (sulfide) groups is 1. The molecule has 0 radical (unpaired) electrons. The summed E-state index contributed by atoms with van der Waals surface area (Å²) >= 11 is 1.46. The molecule has 94 valence electrons. The molecule has 0 saturated carbocycles. The van der Waals surface area contributed by atoms with Crippen LogP contribution >= 0.6 is 11.8 Å². The van der Waals surface area contributed by atoms with Crippen molar-refractivity contribution in [3.05, 3.63) is 30.1 Å². The number of halogens is 1. The van der Waals surface area contributed by atoms with Gasteiger partial charge in [0, 0.05) is 10.6 Å². The summed E-state index contributed by atoms with van der Waals surface area (Å²) in [5, 5.41) is 0. The van der Waals surface area contributed by atoms with Crippen molar-refractivity contribution < 1.29 is 13.9 Å². The number of carbonyl (C=O) groups is 1. The van der Waals surface area contributed by atoms with E-state index in [9.17, 15) is 9.18 Å². The molecule has 0 bridgehead atoms. The zero-order valence-corrected chi connectivity index (χ0v) is 10.7. The summed E-state index contributed by atoms with van der Waals surface area (Å²) in [6.07, 6.45) is 0.473. The summed E-state index contributed by atoms with van der Waals surface area (Å²) < 4.78 is 17.5. The van der Waals surface area contributed by atoms with Crippen LogP contribution in [0.5, 0.6) is 0 Å². The van der Waals surface area contributed by atoms with Crippen LogP contribution in [-0.4, -0.2) is 24.4 Å². The van der Waals surface area contributed by atoms with Crippen LogP contribution in [0.25, 0.3) is 0 Å². The van der Waals surface area contributed by atoms with Gasteiger partial charge < -0.3 is 10.5 Å². The molecule has 0 aliphatic rings. The number of ether oxygens (including phenoxy) is 1. The molecular formula is C12H16FNO2S. The van der Waals surface area contributed by atoms with Crippen LogP contribution in [0.3, 0.4) is 0 Å². The summed E-state index contributed by atoms with van der Waals surface area (Å²) in [6, 6.07) is 6.32. The van der Waals surface area contributed by atoms with E-state index in [-0.39, 0.29) is 5.82 Å². The maximum Gasteiger partial charge on any atom is 0.325 e. The van der Waals surface area contributed by atoms with E-state index in [1.165, 1.54) is 31.0 Å². The first-order valence-electron chi connectivity index (χ1n) is 5.21. The predicted molar refractivity (Wildman–Crippen MR) is 66.3 cm³/mol. The second-order valence-corrected chi connectivity index (χ2v) is 5.13. The van der Waals surface area contributed by atoms with E-state index >= 15 is 0 Å². The summed E-state index contributed by atoms with van der Waals surface area (Å²) in [7, 11) is 1.31. The van der Waals surface area contributed by atoms with Gasteiger partial charge in [-0.3, -0.25) is 4.79 Å². The number of carbonyl (C=O) groups excluding carboxylic acids is 1. The third-order valence-corrected chi connectivity index (χ3v) is 3.33. The van der Waals surface area contributed by atoms with Gasteiger partial charge in [-0.25, -0.2) is 4.39 Å². The zero-order chi connectivity index (χ0) is 12.9. The molecule has 3 nitrogen and oxygen atoms in total. The van der Waals surface area contributed by atoms with Gasteiger partial charge in [-0.05, 0) is 31.5 Å². The number of methoxy groups -OCH3 is 1. The number of hydrogen-bond acceptors (Lipinski definition) is 4. The fourth-order valence-electron chi connectivity index (χ4n) is 1.27. The lowest BCUT2D eigenvalue weighted by Gasteiger charge is -2.20. The molecule has 1 aromatic carbocycles. The van der Waals surface area contributed by atoms with Gasteiger partial charge in [-0.2, -0.15) is 0 Å². The van der Waals surface area contributed by atoms with Crippen molar-refractivity contribution >= 4 is 17.7 Å². The van der Waals surface area contributed by atoms with Gasteiger partial charge in [0.05, 0.1) is 7.11 Å². The van der Waals surface area contributed by atoms with Gasteiger partial charge in [-0.1, -0.05) is 6.07 Å². The Morgan fingerprint density at radius 1 is 1.59 bits per heavy atom. The number of nitrogens with two attached hydrogens (primary N) is 1. The maximum atomic E-state index is 12.9. The van der Waals surface area contributed by atoms with Crippen molar-refractivity contribution in [1.29, 1.82) is 0 Å². The van der Waals surface area contributed by atoms with E-state index in [1.807, 2.05) is 6.07 Å². The Kier molecular flexibility index (Phi) is 4.96. The number of esters is 1. The van der Waals surface area contributed by atoms with Crippen molar-refractivity contribution in [3.63, 3.8) is 0 Å². The van der Waals surface area contributed by atoms with Crippen LogP contribution in [0.2, 0.25) is 0 Å². The minimum atomic E-state index is -0.991. The third kappa shape index (κ3) is 4.36. The Hall–Kier alpha value is -1.07. The van der Waals surface area contributed by atoms with Gasteiger partial charge >= 0.3 is 5.97 Å². The fourth-order valence-corrected chi connectivity index (χ4v) is 2.41. The molecule has 0 aliphatic carbocycles. The molecule has 1 atom stereocenters. The largest absolute Gasteiger partial charge is 0.468 e. The highest BCUT2D eigenvalue weighted by molar-refractivity contribution is 7.99. The highest BCUT2D eigenvalue weighted by atomic mass is 32.2. The Morgan fingerprint density at radius 2 is 2.29 bits per heavy atom. The molecule has 0 aromatic heterocycles. The minimum Gasteiger partial charge on any atom is -0.468 e. The highest BCUT2D eigenvalue weighted by Crippen LogP contribution is 2.22. The third-order valence-electron chi connectivity index (χ3n) is 2.34. The smallest absolute Gasteiger partial charge is 0.325 e. The molecule has 1 aromatic rings. The van der Waals surface area contributed by atoms with E-state index in [2.05, 4.69) is 4.74 Å². The van der Waals surface area contributed by atoms with E-state index in [4.69, 9.17) is 5.73 Å². The zero-order valence-electron chi connectivity index (χ0n) is 9.90. The van der Waals surface area contributed by atoms with E-state index in [0.717, 1.165) is 4.90 Å². The fraction of sp³-hybridized carbons (Fsp3) is 0.417. The summed E-state index contributed by atoms with van der Waals surface area (Å²) in [5.41, 5.74) is 4.81. The van der Waals surface area contributed by atoms with Crippen molar-refractivity contribution in [1.82, 2.24) is 0 Å². The molecule has 0 spiro atoms. The van der Waals surface area contributed by atoms with Gasteiger partial charge in [0.15, 0.2) is 0 Å². The van der Waals surface area contributed by atoms with Crippen LogP contribution in [0, 0.1) is 5.82 Å². The van der Waals surface area contributed by atoms with Gasteiger partial charge in [0.2, 0.25) is 0 Å². The quantitative estimate of drug-likeness (QED) is 0.649. The Balaban J connectivity index is 2.45. The van der Waals surface area contributed by atoms with Crippen molar-refractivity contribution in [2.24, 2.45) is 5.73 Å². The normalized spacial score (nSPS) is 14.1. The van der Waals surface area contributed by atoms with Gasteiger partial charge in [0.1, 0.15) is 11.4 Å². The molecule has 17 heavy (non-hydrogen) atoms. The van der Waals surface area contributed by atoms with E-state index in [0.29, 0.717) is 12.2 Å². The Bertz CT molecular complexity index is 396. The summed E-state index contributed by atoms with van der Waals surface area (Å²) in [6.45, 7) is 1.63. The molecule has 1 rings (SSSR count). The summed E-state index contributed by atoms with van der Waals surface area (Å²) in [4.78, 5) is 12.1. The molecule has 1 unspecified atom stereocenters. The molecular weight excluding hydrogens is 241 g/mol. The second-order valence-electron chi connectivity index (χ2n) is 3.96. The molecule has 0 saturated heterocycles. The number of hydrogen-bond donors (Lipinski definition) is 1. The number of rotatable bonds is 5. The van der Waals surface area contributed by atoms with Crippen molar-refractivity contribution in [3.8, 4) is 0 Å². The first kappa shape index (κ1) is 14.0. The molecule has 0 amide bonds. The monoisotopic (exact) mass is 257 g/mol. The molecule has 2 N–H and O–H groups in total. The first-order valence-corrected chi connectivity index (χ1v) is 6.20. The van der Waals surface area contributed by atoms with Crippen molar-refractivity contribution in [2.45, 2.75) is 23.8 Å². The lowest BCUT2D eigenvalue weighted by molar-refractivity contribution is -0.146. The molecule has 5 heteroatoms. The van der Waals surface area contributed by atoms with E-state index in [1.54, 1.807) is 13.0 Å². The van der Waals surface area contributed by atoms with Gasteiger partial charge in [0.25, 0.3) is 0 Å². The molecule has 0 fully saturated rings. The first-order chi connectivity index (χ1) is 7.95. The van der Waals surface area contributed by atoms with Crippen LogP contribution in [0.15, 0.2) is 29.2 Å². The second kappa shape index (κ2) is 6.02.